The standard InChI is InChI=1S/C7H13NO/c8-6-4-7(9-5-6)2-1-3-7/h6H,1-5,8H2. The molecule has 0 aromatic heterocycles. The summed E-state index contributed by atoms with van der Waals surface area (Å²) in [7, 11) is 0. The fraction of sp³-hybridized carbons (Fsp3) is 1.00. The van der Waals surface area contributed by atoms with Crippen LogP contribution in [0.15, 0.2) is 0 Å². The van der Waals surface area contributed by atoms with Gasteiger partial charge in [-0.3, -0.25) is 0 Å². The molecule has 1 spiro atoms. The molecule has 1 saturated heterocycles. The third kappa shape index (κ3) is 0.775. The molecular weight excluding hydrogens is 114 g/mol. The molecule has 1 aliphatic carbocycles. The van der Waals surface area contributed by atoms with E-state index < -0.39 is 0 Å². The van der Waals surface area contributed by atoms with Gasteiger partial charge in [0.05, 0.1) is 12.2 Å². The molecule has 1 heterocycles. The number of rotatable bonds is 0. The minimum Gasteiger partial charge on any atom is -0.373 e. The molecule has 2 rings (SSSR count). The summed E-state index contributed by atoms with van der Waals surface area (Å²) in [5.74, 6) is 0. The van der Waals surface area contributed by atoms with E-state index in [4.69, 9.17) is 10.5 Å². The van der Waals surface area contributed by atoms with Gasteiger partial charge in [0.2, 0.25) is 0 Å². The van der Waals surface area contributed by atoms with Crippen LogP contribution in [-0.4, -0.2) is 18.2 Å². The van der Waals surface area contributed by atoms with Crippen LogP contribution in [0.5, 0.6) is 0 Å². The highest BCUT2D eigenvalue weighted by molar-refractivity contribution is 4.96. The molecule has 0 bridgehead atoms. The van der Waals surface area contributed by atoms with Gasteiger partial charge >= 0.3 is 0 Å². The Kier molecular flexibility index (Phi) is 1.08. The van der Waals surface area contributed by atoms with Crippen LogP contribution in [0.2, 0.25) is 0 Å². The van der Waals surface area contributed by atoms with Gasteiger partial charge in [0.25, 0.3) is 0 Å². The molecule has 0 aromatic carbocycles. The van der Waals surface area contributed by atoms with E-state index in [1.807, 2.05) is 0 Å². The summed E-state index contributed by atoms with van der Waals surface area (Å²) in [4.78, 5) is 0. The van der Waals surface area contributed by atoms with Crippen molar-refractivity contribution in [2.24, 2.45) is 5.73 Å². The number of nitrogens with two attached hydrogens (primary N) is 1. The van der Waals surface area contributed by atoms with Crippen LogP contribution in [0.3, 0.4) is 0 Å². The first-order valence-corrected chi connectivity index (χ1v) is 3.70. The van der Waals surface area contributed by atoms with Crippen LogP contribution in [0.25, 0.3) is 0 Å². The van der Waals surface area contributed by atoms with Crippen LogP contribution >= 0.6 is 0 Å². The SMILES string of the molecule is NC1COC2(CCC2)C1. The number of hydrogen-bond donors (Lipinski definition) is 1. The van der Waals surface area contributed by atoms with E-state index in [2.05, 4.69) is 0 Å². The first kappa shape index (κ1) is 5.69. The van der Waals surface area contributed by atoms with E-state index in [0.29, 0.717) is 6.04 Å². The number of hydrogen-bond acceptors (Lipinski definition) is 2. The molecule has 0 radical (unpaired) electrons. The van der Waals surface area contributed by atoms with Crippen molar-refractivity contribution in [1.82, 2.24) is 0 Å². The van der Waals surface area contributed by atoms with Gasteiger partial charge in [-0.15, -0.1) is 0 Å². The monoisotopic (exact) mass is 127 g/mol. The van der Waals surface area contributed by atoms with Gasteiger partial charge in [0, 0.05) is 6.04 Å². The Bertz CT molecular complexity index is 120. The van der Waals surface area contributed by atoms with Crippen LogP contribution in [-0.2, 0) is 4.74 Å². The van der Waals surface area contributed by atoms with E-state index in [9.17, 15) is 0 Å². The maximum Gasteiger partial charge on any atom is 0.0699 e. The lowest BCUT2D eigenvalue weighted by Gasteiger charge is -2.36. The van der Waals surface area contributed by atoms with Gasteiger partial charge in [-0.05, 0) is 25.7 Å². The first-order chi connectivity index (χ1) is 4.31. The lowest BCUT2D eigenvalue weighted by molar-refractivity contribution is -0.0562. The topological polar surface area (TPSA) is 35.2 Å². The molecule has 2 nitrogen and oxygen atoms in total. The van der Waals surface area contributed by atoms with Crippen molar-refractivity contribution in [2.75, 3.05) is 6.61 Å². The Morgan fingerprint density at radius 2 is 2.22 bits per heavy atom. The zero-order valence-corrected chi connectivity index (χ0v) is 5.60. The Hall–Kier alpha value is -0.0800. The minimum absolute atomic E-state index is 0.263. The predicted molar refractivity (Wildman–Crippen MR) is 35.1 cm³/mol. The Morgan fingerprint density at radius 3 is 2.44 bits per heavy atom. The van der Waals surface area contributed by atoms with E-state index in [-0.39, 0.29) is 5.60 Å². The summed E-state index contributed by atoms with van der Waals surface area (Å²) in [5.41, 5.74) is 5.96. The molecular formula is C7H13NO. The quantitative estimate of drug-likeness (QED) is 0.518. The summed E-state index contributed by atoms with van der Waals surface area (Å²) >= 11 is 0. The van der Waals surface area contributed by atoms with Crippen molar-refractivity contribution in [3.8, 4) is 0 Å². The second-order valence-corrected chi connectivity index (χ2v) is 3.31. The van der Waals surface area contributed by atoms with Crippen LogP contribution in [0, 0.1) is 0 Å². The molecule has 0 aromatic rings. The summed E-state index contributed by atoms with van der Waals surface area (Å²) < 4.78 is 5.56. The van der Waals surface area contributed by atoms with E-state index in [1.54, 1.807) is 0 Å². The molecule has 1 saturated carbocycles. The van der Waals surface area contributed by atoms with Crippen LogP contribution in [0.4, 0.5) is 0 Å². The fourth-order valence-electron chi connectivity index (χ4n) is 1.80. The summed E-state index contributed by atoms with van der Waals surface area (Å²) in [6.07, 6.45) is 4.95. The minimum atomic E-state index is 0.263. The van der Waals surface area contributed by atoms with Crippen molar-refractivity contribution in [3.63, 3.8) is 0 Å². The number of ether oxygens (including phenoxy) is 1. The Labute approximate surface area is 55.4 Å². The molecule has 1 aliphatic heterocycles. The second-order valence-electron chi connectivity index (χ2n) is 3.31. The summed E-state index contributed by atoms with van der Waals surface area (Å²) in [5, 5.41) is 0. The molecule has 2 fully saturated rings. The average molecular weight is 127 g/mol. The third-order valence-corrected chi connectivity index (χ3v) is 2.50. The van der Waals surface area contributed by atoms with Gasteiger partial charge in [-0.1, -0.05) is 0 Å². The zero-order valence-electron chi connectivity index (χ0n) is 5.60. The average Bonchev–Trinajstić information content (AvgIpc) is 2.09. The first-order valence-electron chi connectivity index (χ1n) is 3.70. The molecule has 52 valence electrons. The second kappa shape index (κ2) is 1.70. The summed E-state index contributed by atoms with van der Waals surface area (Å²) in [6.45, 7) is 0.792. The molecule has 9 heavy (non-hydrogen) atoms. The highest BCUT2D eigenvalue weighted by Gasteiger charge is 2.43. The Balaban J connectivity index is 1.99. The van der Waals surface area contributed by atoms with Gasteiger partial charge in [-0.2, -0.15) is 0 Å². The lowest BCUT2D eigenvalue weighted by atomic mass is 9.78. The van der Waals surface area contributed by atoms with E-state index in [0.717, 1.165) is 13.0 Å². The fourth-order valence-corrected chi connectivity index (χ4v) is 1.80. The maximum atomic E-state index is 5.69. The molecule has 2 N–H and O–H groups in total. The molecule has 1 unspecified atom stereocenters. The smallest absolute Gasteiger partial charge is 0.0699 e. The van der Waals surface area contributed by atoms with E-state index >= 15 is 0 Å². The molecule has 2 heteroatoms. The molecule has 0 amide bonds. The van der Waals surface area contributed by atoms with Crippen molar-refractivity contribution < 1.29 is 4.74 Å². The third-order valence-electron chi connectivity index (χ3n) is 2.50. The highest BCUT2D eigenvalue weighted by Crippen LogP contribution is 2.42. The highest BCUT2D eigenvalue weighted by atomic mass is 16.5. The van der Waals surface area contributed by atoms with Gasteiger partial charge in [0.1, 0.15) is 0 Å². The molecule has 1 atom stereocenters. The Morgan fingerprint density at radius 1 is 1.44 bits per heavy atom. The van der Waals surface area contributed by atoms with E-state index in [1.165, 1.54) is 19.3 Å². The van der Waals surface area contributed by atoms with Gasteiger partial charge in [-0.25, -0.2) is 0 Å². The van der Waals surface area contributed by atoms with Crippen molar-refractivity contribution >= 4 is 0 Å². The predicted octanol–water partition coefficient (Wildman–Crippen LogP) is 0.657. The van der Waals surface area contributed by atoms with Crippen LogP contribution < -0.4 is 5.73 Å². The van der Waals surface area contributed by atoms with Crippen LogP contribution in [0.1, 0.15) is 25.7 Å². The maximum absolute atomic E-state index is 5.69. The van der Waals surface area contributed by atoms with Crippen molar-refractivity contribution in [3.05, 3.63) is 0 Å². The zero-order chi connectivity index (χ0) is 6.32. The van der Waals surface area contributed by atoms with Gasteiger partial charge < -0.3 is 10.5 Å². The lowest BCUT2D eigenvalue weighted by Crippen LogP contribution is -2.36. The normalized spacial score (nSPS) is 39.0. The summed E-state index contributed by atoms with van der Waals surface area (Å²) in [6, 6.07) is 0.324. The van der Waals surface area contributed by atoms with Gasteiger partial charge in [0.15, 0.2) is 0 Å². The largest absolute Gasteiger partial charge is 0.373 e. The molecule has 2 aliphatic rings. The van der Waals surface area contributed by atoms with Crippen molar-refractivity contribution in [2.45, 2.75) is 37.3 Å². The van der Waals surface area contributed by atoms with Crippen molar-refractivity contribution in [1.29, 1.82) is 0 Å².